The molecule has 1 aliphatic rings. The summed E-state index contributed by atoms with van der Waals surface area (Å²) in [5.41, 5.74) is 6.64. The lowest BCUT2D eigenvalue weighted by molar-refractivity contribution is -0.127. The minimum absolute atomic E-state index is 0.240. The molecule has 1 atom stereocenters. The molecule has 16 heavy (non-hydrogen) atoms. The molecule has 0 aliphatic carbocycles. The summed E-state index contributed by atoms with van der Waals surface area (Å²) in [5, 5.41) is 3.16. The molecule has 1 fully saturated rings. The number of likely N-dealkylation sites (tertiary alicyclic amines) is 1. The molecule has 1 saturated heterocycles. The van der Waals surface area contributed by atoms with Crippen LogP contribution in [0.15, 0.2) is 5.38 Å². The van der Waals surface area contributed by atoms with Gasteiger partial charge in [-0.3, -0.25) is 4.79 Å². The molecule has 0 bridgehead atoms. The summed E-state index contributed by atoms with van der Waals surface area (Å²) in [7, 11) is 0. The van der Waals surface area contributed by atoms with Crippen molar-refractivity contribution in [3.63, 3.8) is 0 Å². The molecule has 0 spiro atoms. The Labute approximate surface area is 99.5 Å². The van der Waals surface area contributed by atoms with Crippen molar-refractivity contribution in [2.75, 3.05) is 19.6 Å². The van der Waals surface area contributed by atoms with Crippen molar-refractivity contribution in [3.05, 3.63) is 16.1 Å². The maximum atomic E-state index is 11.6. The molecular formula is C11H17N3OS. The van der Waals surface area contributed by atoms with Gasteiger partial charge in [-0.1, -0.05) is 0 Å². The second-order valence-electron chi connectivity index (χ2n) is 4.28. The second-order valence-corrected chi connectivity index (χ2v) is 5.22. The molecular weight excluding hydrogens is 222 g/mol. The summed E-state index contributed by atoms with van der Waals surface area (Å²) in [4.78, 5) is 17.9. The average molecular weight is 239 g/mol. The third-order valence-electron chi connectivity index (χ3n) is 2.89. The molecule has 1 unspecified atom stereocenters. The zero-order chi connectivity index (χ0) is 11.5. The Bertz CT molecular complexity index is 377. The summed E-state index contributed by atoms with van der Waals surface area (Å²) >= 11 is 1.67. The van der Waals surface area contributed by atoms with Crippen LogP contribution in [0.3, 0.4) is 0 Å². The number of hydrogen-bond donors (Lipinski definition) is 1. The van der Waals surface area contributed by atoms with Crippen LogP contribution in [-0.4, -0.2) is 35.4 Å². The van der Waals surface area contributed by atoms with Gasteiger partial charge in [-0.05, 0) is 19.4 Å². The van der Waals surface area contributed by atoms with E-state index >= 15 is 0 Å². The first-order valence-electron chi connectivity index (χ1n) is 5.58. The first-order chi connectivity index (χ1) is 7.69. The number of nitrogens with zero attached hydrogens (tertiary/aromatic N) is 2. The maximum Gasteiger partial charge on any atom is 0.222 e. The third-order valence-corrected chi connectivity index (χ3v) is 3.92. The molecule has 2 rings (SSSR count). The zero-order valence-corrected chi connectivity index (χ0v) is 10.3. The monoisotopic (exact) mass is 239 g/mol. The van der Waals surface area contributed by atoms with E-state index in [0.717, 1.165) is 30.2 Å². The summed E-state index contributed by atoms with van der Waals surface area (Å²) < 4.78 is 0. The van der Waals surface area contributed by atoms with E-state index in [9.17, 15) is 4.79 Å². The van der Waals surface area contributed by atoms with E-state index in [1.54, 1.807) is 11.3 Å². The van der Waals surface area contributed by atoms with Crippen LogP contribution in [-0.2, 0) is 11.2 Å². The topological polar surface area (TPSA) is 59.2 Å². The lowest BCUT2D eigenvalue weighted by Gasteiger charge is -2.15. The predicted molar refractivity (Wildman–Crippen MR) is 64.3 cm³/mol. The maximum absolute atomic E-state index is 11.6. The predicted octanol–water partition coefficient (Wildman–Crippen LogP) is 0.801. The number of amides is 1. The SMILES string of the molecule is Cc1csc(CCN2CC(CN)CC2=O)n1. The number of aryl methyl sites for hydroxylation is 1. The van der Waals surface area contributed by atoms with Crippen molar-refractivity contribution in [3.8, 4) is 0 Å². The van der Waals surface area contributed by atoms with Crippen molar-refractivity contribution >= 4 is 17.2 Å². The largest absolute Gasteiger partial charge is 0.342 e. The Morgan fingerprint density at radius 3 is 3.06 bits per heavy atom. The van der Waals surface area contributed by atoms with Gasteiger partial charge in [0.25, 0.3) is 0 Å². The number of rotatable bonds is 4. The van der Waals surface area contributed by atoms with Crippen LogP contribution in [0.1, 0.15) is 17.1 Å². The van der Waals surface area contributed by atoms with Crippen molar-refractivity contribution in [1.29, 1.82) is 0 Å². The summed E-state index contributed by atoms with van der Waals surface area (Å²) in [6.07, 6.45) is 1.48. The Hall–Kier alpha value is -0.940. The fourth-order valence-corrected chi connectivity index (χ4v) is 2.74. The van der Waals surface area contributed by atoms with E-state index in [4.69, 9.17) is 5.73 Å². The second kappa shape index (κ2) is 4.93. The average Bonchev–Trinajstić information content (AvgIpc) is 2.82. The molecule has 1 aliphatic heterocycles. The molecule has 0 aromatic carbocycles. The third kappa shape index (κ3) is 2.59. The number of carbonyl (C=O) groups is 1. The standard InChI is InChI=1S/C11H17N3OS/c1-8-7-16-10(13-8)2-3-14-6-9(5-12)4-11(14)15/h7,9H,2-6,12H2,1H3. The van der Waals surface area contributed by atoms with Crippen LogP contribution in [0.4, 0.5) is 0 Å². The smallest absolute Gasteiger partial charge is 0.222 e. The number of carbonyl (C=O) groups excluding carboxylic acids is 1. The van der Waals surface area contributed by atoms with Gasteiger partial charge in [0.1, 0.15) is 0 Å². The molecule has 4 nitrogen and oxygen atoms in total. The molecule has 1 aromatic heterocycles. The number of thiazole rings is 1. The molecule has 2 N–H and O–H groups in total. The molecule has 5 heteroatoms. The lowest BCUT2D eigenvalue weighted by Crippen LogP contribution is -2.28. The van der Waals surface area contributed by atoms with Crippen LogP contribution in [0.25, 0.3) is 0 Å². The van der Waals surface area contributed by atoms with E-state index in [0.29, 0.717) is 18.9 Å². The number of aromatic nitrogens is 1. The summed E-state index contributed by atoms with van der Waals surface area (Å²) in [6, 6.07) is 0. The summed E-state index contributed by atoms with van der Waals surface area (Å²) in [6.45, 7) is 4.20. The number of hydrogen-bond acceptors (Lipinski definition) is 4. The Balaban J connectivity index is 1.84. The minimum Gasteiger partial charge on any atom is -0.342 e. The fraction of sp³-hybridized carbons (Fsp3) is 0.636. The van der Waals surface area contributed by atoms with Gasteiger partial charge in [-0.2, -0.15) is 0 Å². The van der Waals surface area contributed by atoms with Gasteiger partial charge in [0, 0.05) is 37.0 Å². The highest BCUT2D eigenvalue weighted by Gasteiger charge is 2.28. The van der Waals surface area contributed by atoms with Crippen molar-refractivity contribution in [2.24, 2.45) is 11.7 Å². The van der Waals surface area contributed by atoms with E-state index in [1.807, 2.05) is 17.2 Å². The molecule has 1 amide bonds. The highest BCUT2D eigenvalue weighted by molar-refractivity contribution is 7.09. The van der Waals surface area contributed by atoms with Gasteiger partial charge < -0.3 is 10.6 Å². The molecule has 2 heterocycles. The van der Waals surface area contributed by atoms with Gasteiger partial charge >= 0.3 is 0 Å². The molecule has 0 saturated carbocycles. The van der Waals surface area contributed by atoms with Crippen LogP contribution in [0.5, 0.6) is 0 Å². The molecule has 88 valence electrons. The van der Waals surface area contributed by atoms with Gasteiger partial charge in [0.2, 0.25) is 5.91 Å². The van der Waals surface area contributed by atoms with E-state index in [-0.39, 0.29) is 5.91 Å². The molecule has 0 radical (unpaired) electrons. The molecule has 1 aromatic rings. The zero-order valence-electron chi connectivity index (χ0n) is 9.48. The highest BCUT2D eigenvalue weighted by Crippen LogP contribution is 2.17. The van der Waals surface area contributed by atoms with Gasteiger partial charge in [-0.15, -0.1) is 11.3 Å². The van der Waals surface area contributed by atoms with Crippen LogP contribution >= 0.6 is 11.3 Å². The lowest BCUT2D eigenvalue weighted by atomic mass is 10.1. The fourth-order valence-electron chi connectivity index (χ4n) is 1.98. The van der Waals surface area contributed by atoms with E-state index < -0.39 is 0 Å². The quantitative estimate of drug-likeness (QED) is 0.845. The Morgan fingerprint density at radius 1 is 1.69 bits per heavy atom. The Morgan fingerprint density at radius 2 is 2.50 bits per heavy atom. The first-order valence-corrected chi connectivity index (χ1v) is 6.46. The van der Waals surface area contributed by atoms with Crippen LogP contribution in [0.2, 0.25) is 0 Å². The Kier molecular flexibility index (Phi) is 3.56. The van der Waals surface area contributed by atoms with E-state index in [1.165, 1.54) is 0 Å². The minimum atomic E-state index is 0.240. The highest BCUT2D eigenvalue weighted by atomic mass is 32.1. The first kappa shape index (κ1) is 11.5. The van der Waals surface area contributed by atoms with Crippen molar-refractivity contribution in [1.82, 2.24) is 9.88 Å². The van der Waals surface area contributed by atoms with Crippen LogP contribution in [0, 0.1) is 12.8 Å². The van der Waals surface area contributed by atoms with Crippen molar-refractivity contribution < 1.29 is 4.79 Å². The van der Waals surface area contributed by atoms with Crippen molar-refractivity contribution in [2.45, 2.75) is 19.8 Å². The van der Waals surface area contributed by atoms with Gasteiger partial charge in [-0.25, -0.2) is 4.98 Å². The van der Waals surface area contributed by atoms with Gasteiger partial charge in [0.05, 0.1) is 5.01 Å². The van der Waals surface area contributed by atoms with E-state index in [2.05, 4.69) is 4.98 Å². The van der Waals surface area contributed by atoms with Crippen LogP contribution < -0.4 is 5.73 Å². The summed E-state index contributed by atoms with van der Waals surface area (Å²) in [5.74, 6) is 0.592. The number of nitrogens with two attached hydrogens (primary N) is 1. The van der Waals surface area contributed by atoms with Gasteiger partial charge in [0.15, 0.2) is 0 Å². The normalized spacial score (nSPS) is 20.8.